The van der Waals surface area contributed by atoms with Gasteiger partial charge in [-0.25, -0.2) is 0 Å². The first-order valence-corrected chi connectivity index (χ1v) is 12.3. The van der Waals surface area contributed by atoms with Crippen LogP contribution in [-0.2, 0) is 6.54 Å². The van der Waals surface area contributed by atoms with Crippen LogP contribution in [0, 0.1) is 0 Å². The summed E-state index contributed by atoms with van der Waals surface area (Å²) in [4.78, 5) is 18.4. The normalized spacial score (nSPS) is 12.2. The molecule has 0 aliphatic heterocycles. The van der Waals surface area contributed by atoms with Crippen LogP contribution in [0.25, 0.3) is 10.8 Å². The van der Waals surface area contributed by atoms with E-state index in [9.17, 15) is 4.79 Å². The lowest BCUT2D eigenvalue weighted by molar-refractivity contribution is 0.0664. The van der Waals surface area contributed by atoms with Gasteiger partial charge in [-0.2, -0.15) is 0 Å². The van der Waals surface area contributed by atoms with Crippen molar-refractivity contribution in [3.63, 3.8) is 0 Å². The lowest BCUT2D eigenvalue weighted by Crippen LogP contribution is -2.38. The monoisotopic (exact) mass is 446 g/mol. The minimum atomic E-state index is 0.0935. The number of nitrogens with zero attached hydrogens (tertiary/aromatic N) is 2. The van der Waals surface area contributed by atoms with Crippen molar-refractivity contribution in [2.24, 2.45) is 0 Å². The SMILES string of the molecule is CCOc1ccc(CN(C(=O)c2cccc3ccccc23)C(C)CCCN(CC)CC)cc1. The van der Waals surface area contributed by atoms with Gasteiger partial charge in [-0.3, -0.25) is 4.79 Å². The van der Waals surface area contributed by atoms with Crippen LogP contribution in [0.5, 0.6) is 5.75 Å². The fraction of sp³-hybridized carbons (Fsp3) is 0.414. The first-order chi connectivity index (χ1) is 16.1. The summed E-state index contributed by atoms with van der Waals surface area (Å²) < 4.78 is 5.59. The van der Waals surface area contributed by atoms with Crippen LogP contribution in [0.3, 0.4) is 0 Å². The van der Waals surface area contributed by atoms with Crippen molar-refractivity contribution in [1.29, 1.82) is 0 Å². The summed E-state index contributed by atoms with van der Waals surface area (Å²) in [5.41, 5.74) is 1.89. The minimum Gasteiger partial charge on any atom is -0.494 e. The van der Waals surface area contributed by atoms with Crippen molar-refractivity contribution in [3.05, 3.63) is 77.9 Å². The predicted molar refractivity (Wildman–Crippen MR) is 138 cm³/mol. The van der Waals surface area contributed by atoms with Gasteiger partial charge in [0.25, 0.3) is 5.91 Å². The molecule has 4 heteroatoms. The molecule has 0 saturated heterocycles. The molecule has 3 aromatic carbocycles. The van der Waals surface area contributed by atoms with Gasteiger partial charge in [-0.05, 0) is 80.9 Å². The summed E-state index contributed by atoms with van der Waals surface area (Å²) >= 11 is 0. The molecule has 0 saturated carbocycles. The third-order valence-electron chi connectivity index (χ3n) is 6.39. The van der Waals surface area contributed by atoms with Crippen LogP contribution >= 0.6 is 0 Å². The maximum Gasteiger partial charge on any atom is 0.255 e. The predicted octanol–water partition coefficient (Wildman–Crippen LogP) is 6.39. The largest absolute Gasteiger partial charge is 0.494 e. The Morgan fingerprint density at radius 3 is 2.30 bits per heavy atom. The summed E-state index contributed by atoms with van der Waals surface area (Å²) in [5, 5.41) is 2.11. The van der Waals surface area contributed by atoms with E-state index < -0.39 is 0 Å². The van der Waals surface area contributed by atoms with Gasteiger partial charge in [0.15, 0.2) is 0 Å². The average Bonchev–Trinajstić information content (AvgIpc) is 2.85. The number of rotatable bonds is 12. The van der Waals surface area contributed by atoms with Crippen molar-refractivity contribution >= 4 is 16.7 Å². The van der Waals surface area contributed by atoms with Gasteiger partial charge in [0, 0.05) is 18.2 Å². The first-order valence-electron chi connectivity index (χ1n) is 12.3. The number of fused-ring (bicyclic) bond motifs is 1. The Labute approximate surface area is 199 Å². The molecule has 1 atom stereocenters. The molecule has 1 amide bonds. The molecule has 0 fully saturated rings. The molecule has 33 heavy (non-hydrogen) atoms. The summed E-state index contributed by atoms with van der Waals surface area (Å²) in [6, 6.07) is 22.4. The summed E-state index contributed by atoms with van der Waals surface area (Å²) in [6.45, 7) is 13.0. The molecule has 0 aromatic heterocycles. The number of carbonyl (C=O) groups excluding carboxylic acids is 1. The fourth-order valence-corrected chi connectivity index (χ4v) is 4.35. The van der Waals surface area contributed by atoms with Crippen molar-refractivity contribution in [2.45, 2.75) is 53.1 Å². The Bertz CT molecular complexity index is 1010. The highest BCUT2D eigenvalue weighted by Gasteiger charge is 2.23. The fourth-order valence-electron chi connectivity index (χ4n) is 4.35. The molecule has 0 N–H and O–H groups in total. The highest BCUT2D eigenvalue weighted by Crippen LogP contribution is 2.24. The van der Waals surface area contributed by atoms with Gasteiger partial charge in [-0.1, -0.05) is 62.4 Å². The number of ether oxygens (including phenoxy) is 1. The highest BCUT2D eigenvalue weighted by molar-refractivity contribution is 6.07. The molecule has 0 spiro atoms. The molecule has 0 radical (unpaired) electrons. The van der Waals surface area contributed by atoms with E-state index in [0.717, 1.165) is 60.1 Å². The number of benzene rings is 3. The van der Waals surface area contributed by atoms with Crippen LogP contribution in [-0.4, -0.2) is 48.0 Å². The van der Waals surface area contributed by atoms with Gasteiger partial charge < -0.3 is 14.5 Å². The van der Waals surface area contributed by atoms with Crippen molar-refractivity contribution in [3.8, 4) is 5.75 Å². The van der Waals surface area contributed by atoms with Crippen molar-refractivity contribution < 1.29 is 9.53 Å². The molecule has 0 aliphatic carbocycles. The number of amides is 1. The van der Waals surface area contributed by atoms with Crippen LogP contribution in [0.1, 0.15) is 56.5 Å². The van der Waals surface area contributed by atoms with E-state index in [1.165, 1.54) is 0 Å². The van der Waals surface area contributed by atoms with E-state index >= 15 is 0 Å². The van der Waals surface area contributed by atoms with Gasteiger partial charge >= 0.3 is 0 Å². The first kappa shape index (κ1) is 24.8. The third-order valence-corrected chi connectivity index (χ3v) is 6.39. The van der Waals surface area contributed by atoms with E-state index in [1.807, 2.05) is 54.3 Å². The molecule has 3 rings (SSSR count). The summed E-state index contributed by atoms with van der Waals surface area (Å²) in [7, 11) is 0. The average molecular weight is 447 g/mol. The molecule has 0 heterocycles. The second-order valence-electron chi connectivity index (χ2n) is 8.55. The maximum atomic E-state index is 13.9. The Morgan fingerprint density at radius 2 is 1.61 bits per heavy atom. The molecule has 0 aliphatic rings. The quantitative estimate of drug-likeness (QED) is 0.323. The van der Waals surface area contributed by atoms with E-state index in [-0.39, 0.29) is 11.9 Å². The standard InChI is InChI=1S/C29H38N2O2/c1-5-30(6-2)21-11-12-23(4)31(22-24-17-19-26(20-18-24)33-7-3)29(32)28-16-10-14-25-13-8-9-15-27(25)28/h8-10,13-20,23H,5-7,11-12,21-22H2,1-4H3. The lowest BCUT2D eigenvalue weighted by Gasteiger charge is -2.31. The minimum absolute atomic E-state index is 0.0935. The molecule has 0 bridgehead atoms. The maximum absolute atomic E-state index is 13.9. The number of hydrogen-bond donors (Lipinski definition) is 0. The zero-order valence-electron chi connectivity index (χ0n) is 20.6. The number of carbonyl (C=O) groups is 1. The van der Waals surface area contributed by atoms with Crippen LogP contribution < -0.4 is 4.74 Å². The van der Waals surface area contributed by atoms with E-state index in [4.69, 9.17) is 4.74 Å². The van der Waals surface area contributed by atoms with Crippen molar-refractivity contribution in [1.82, 2.24) is 9.80 Å². The Kier molecular flexibility index (Phi) is 9.32. The highest BCUT2D eigenvalue weighted by atomic mass is 16.5. The van der Waals surface area contributed by atoms with Crippen LogP contribution in [0.2, 0.25) is 0 Å². The Morgan fingerprint density at radius 1 is 0.909 bits per heavy atom. The second kappa shape index (κ2) is 12.4. The lowest BCUT2D eigenvalue weighted by atomic mass is 10.0. The summed E-state index contributed by atoms with van der Waals surface area (Å²) in [5.74, 6) is 0.955. The van der Waals surface area contributed by atoms with Gasteiger partial charge in [-0.15, -0.1) is 0 Å². The third kappa shape index (κ3) is 6.58. The molecular weight excluding hydrogens is 408 g/mol. The molecular formula is C29H38N2O2. The Hall–Kier alpha value is -2.85. The smallest absolute Gasteiger partial charge is 0.255 e. The van der Waals surface area contributed by atoms with Crippen molar-refractivity contribution in [2.75, 3.05) is 26.2 Å². The van der Waals surface area contributed by atoms with Crippen LogP contribution in [0.4, 0.5) is 0 Å². The van der Waals surface area contributed by atoms with Gasteiger partial charge in [0.2, 0.25) is 0 Å². The summed E-state index contributed by atoms with van der Waals surface area (Å²) in [6.07, 6.45) is 2.05. The number of hydrogen-bond acceptors (Lipinski definition) is 3. The molecule has 1 unspecified atom stereocenters. The van der Waals surface area contributed by atoms with Crippen LogP contribution in [0.15, 0.2) is 66.7 Å². The molecule has 176 valence electrons. The Balaban J connectivity index is 1.84. The zero-order chi connectivity index (χ0) is 23.6. The topological polar surface area (TPSA) is 32.8 Å². The van der Waals surface area contributed by atoms with E-state index in [0.29, 0.717) is 13.2 Å². The van der Waals surface area contributed by atoms with E-state index in [1.54, 1.807) is 0 Å². The van der Waals surface area contributed by atoms with Gasteiger partial charge in [0.1, 0.15) is 5.75 Å². The zero-order valence-corrected chi connectivity index (χ0v) is 20.6. The van der Waals surface area contributed by atoms with Gasteiger partial charge in [0.05, 0.1) is 6.61 Å². The molecule has 4 nitrogen and oxygen atoms in total. The second-order valence-corrected chi connectivity index (χ2v) is 8.55. The van der Waals surface area contributed by atoms with E-state index in [2.05, 4.69) is 49.9 Å². The molecule has 3 aromatic rings.